The molecular formula is C38H69N5O9. The van der Waals surface area contributed by atoms with Crippen LogP contribution >= 0.6 is 0 Å². The van der Waals surface area contributed by atoms with Crippen molar-refractivity contribution in [2.75, 3.05) is 6.61 Å². The number of carbonyl (C=O) groups is 6. The number of rotatable bonds is 17. The van der Waals surface area contributed by atoms with Gasteiger partial charge in [0.15, 0.2) is 0 Å². The van der Waals surface area contributed by atoms with Crippen LogP contribution in [0.5, 0.6) is 0 Å². The Morgan fingerprint density at radius 1 is 0.635 bits per heavy atom. The Hall–Kier alpha value is -3.26. The third kappa shape index (κ3) is 17.5. The fourth-order valence-electron chi connectivity index (χ4n) is 6.12. The lowest BCUT2D eigenvalue weighted by atomic mass is 9.97. The van der Waals surface area contributed by atoms with E-state index in [1.807, 2.05) is 34.6 Å². The quantitative estimate of drug-likeness (QED) is 0.0862. The molecule has 8 unspecified atom stereocenters. The van der Waals surface area contributed by atoms with Gasteiger partial charge in [-0.2, -0.15) is 0 Å². The van der Waals surface area contributed by atoms with Crippen molar-refractivity contribution in [3.05, 3.63) is 0 Å². The minimum Gasteiger partial charge on any atom is -0.460 e. The lowest BCUT2D eigenvalue weighted by Gasteiger charge is -2.29. The van der Waals surface area contributed by atoms with Gasteiger partial charge in [-0.05, 0) is 50.4 Å². The zero-order chi connectivity index (χ0) is 39.4. The lowest BCUT2D eigenvalue weighted by molar-refractivity contribution is -0.156. The second kappa shape index (κ2) is 24.9. The number of nitrogens with one attached hydrogen (secondary N) is 5. The summed E-state index contributed by atoms with van der Waals surface area (Å²) in [6, 6.07) is -6.39. The standard InChI is InChI=1S/C38H69N5O9/c1-9-11-12-13-14-15-16-17-18-27-21-31(46)39-28(19-23(3)4)34(47)41-30(22-44)36(49)43-33(26(8)45)37(50)40-29(20-24(5)6)35(48)42-32(25(7)10-2)38(51)52-27/h23-30,32-33,44-45H,9-22H2,1-8H3,(H,39,46)(H,40,50)(H,41,47)(H,42,48)(H,43,49). The Kier molecular flexibility index (Phi) is 22.4. The van der Waals surface area contributed by atoms with E-state index in [1.165, 1.54) is 26.2 Å². The van der Waals surface area contributed by atoms with E-state index in [4.69, 9.17) is 4.74 Å². The maximum absolute atomic E-state index is 13.8. The van der Waals surface area contributed by atoms with Crippen molar-refractivity contribution in [3.63, 3.8) is 0 Å². The van der Waals surface area contributed by atoms with Gasteiger partial charge in [-0.1, -0.05) is 99.8 Å². The molecule has 14 nitrogen and oxygen atoms in total. The van der Waals surface area contributed by atoms with Crippen LogP contribution in [0.3, 0.4) is 0 Å². The molecule has 0 spiro atoms. The third-order valence-electron chi connectivity index (χ3n) is 9.42. The van der Waals surface area contributed by atoms with E-state index in [-0.39, 0.29) is 37.0 Å². The molecule has 0 aromatic carbocycles. The van der Waals surface area contributed by atoms with Crippen molar-refractivity contribution in [3.8, 4) is 0 Å². The van der Waals surface area contributed by atoms with Gasteiger partial charge in [0, 0.05) is 0 Å². The number of unbranched alkanes of at least 4 members (excludes halogenated alkanes) is 7. The van der Waals surface area contributed by atoms with Crippen LogP contribution in [0.15, 0.2) is 0 Å². The molecule has 0 aromatic heterocycles. The average molecular weight is 740 g/mol. The molecule has 0 saturated carbocycles. The molecule has 1 rings (SSSR count). The number of aliphatic hydroxyl groups excluding tert-OH is 2. The van der Waals surface area contributed by atoms with Crippen molar-refractivity contribution in [1.29, 1.82) is 0 Å². The van der Waals surface area contributed by atoms with Crippen molar-refractivity contribution in [1.82, 2.24) is 26.6 Å². The van der Waals surface area contributed by atoms with Crippen LogP contribution in [0, 0.1) is 17.8 Å². The van der Waals surface area contributed by atoms with Gasteiger partial charge in [-0.15, -0.1) is 0 Å². The first-order valence-electron chi connectivity index (χ1n) is 19.5. The summed E-state index contributed by atoms with van der Waals surface area (Å²) in [4.78, 5) is 81.3. The van der Waals surface area contributed by atoms with Gasteiger partial charge in [-0.3, -0.25) is 24.0 Å². The van der Waals surface area contributed by atoms with Gasteiger partial charge in [-0.25, -0.2) is 4.79 Å². The molecule has 52 heavy (non-hydrogen) atoms. The van der Waals surface area contributed by atoms with Crippen LogP contribution < -0.4 is 26.6 Å². The number of hydrogen-bond acceptors (Lipinski definition) is 9. The van der Waals surface area contributed by atoms with Gasteiger partial charge in [0.05, 0.1) is 19.1 Å². The molecule has 0 aliphatic carbocycles. The van der Waals surface area contributed by atoms with Crippen LogP contribution in [0.2, 0.25) is 0 Å². The molecule has 0 radical (unpaired) electrons. The van der Waals surface area contributed by atoms with Crippen LogP contribution in [0.25, 0.3) is 0 Å². The number of hydrogen-bond donors (Lipinski definition) is 7. The fourth-order valence-corrected chi connectivity index (χ4v) is 6.12. The monoisotopic (exact) mass is 740 g/mol. The highest BCUT2D eigenvalue weighted by molar-refractivity contribution is 5.96. The van der Waals surface area contributed by atoms with Gasteiger partial charge < -0.3 is 41.5 Å². The highest BCUT2D eigenvalue weighted by Gasteiger charge is 2.37. The number of carbonyl (C=O) groups excluding carboxylic acids is 6. The molecule has 5 amide bonds. The summed E-state index contributed by atoms with van der Waals surface area (Å²) in [6.45, 7) is 13.7. The van der Waals surface area contributed by atoms with Crippen LogP contribution in [0.1, 0.15) is 139 Å². The number of aliphatic hydroxyl groups is 2. The van der Waals surface area contributed by atoms with Gasteiger partial charge in [0.1, 0.15) is 36.3 Å². The predicted octanol–water partition coefficient (Wildman–Crippen LogP) is 2.77. The van der Waals surface area contributed by atoms with Crippen molar-refractivity contribution in [2.24, 2.45) is 17.8 Å². The zero-order valence-electron chi connectivity index (χ0n) is 32.9. The van der Waals surface area contributed by atoms with Crippen molar-refractivity contribution in [2.45, 2.75) is 181 Å². The minimum atomic E-state index is -1.55. The van der Waals surface area contributed by atoms with Crippen LogP contribution in [-0.2, 0) is 33.5 Å². The fraction of sp³-hybridized carbons (Fsp3) is 0.842. The summed E-state index contributed by atoms with van der Waals surface area (Å²) in [5.41, 5.74) is 0. The third-order valence-corrected chi connectivity index (χ3v) is 9.42. The summed E-state index contributed by atoms with van der Waals surface area (Å²) in [5, 5.41) is 33.5. The van der Waals surface area contributed by atoms with Gasteiger partial charge >= 0.3 is 5.97 Å². The Bertz CT molecular complexity index is 1130. The van der Waals surface area contributed by atoms with E-state index < -0.39 is 84.5 Å². The molecule has 14 heteroatoms. The number of ether oxygens (including phenoxy) is 1. The molecule has 1 saturated heterocycles. The molecule has 300 valence electrons. The van der Waals surface area contributed by atoms with E-state index in [2.05, 4.69) is 33.5 Å². The van der Waals surface area contributed by atoms with Crippen LogP contribution in [0.4, 0.5) is 0 Å². The summed E-state index contributed by atoms with van der Waals surface area (Å²) >= 11 is 0. The summed E-state index contributed by atoms with van der Waals surface area (Å²) in [7, 11) is 0. The highest BCUT2D eigenvalue weighted by atomic mass is 16.5. The number of amides is 5. The average Bonchev–Trinajstić information content (AvgIpc) is 3.07. The second-order valence-corrected chi connectivity index (χ2v) is 15.3. The zero-order valence-corrected chi connectivity index (χ0v) is 32.9. The van der Waals surface area contributed by atoms with E-state index in [1.54, 1.807) is 6.92 Å². The molecule has 0 bridgehead atoms. The molecule has 0 aromatic rings. The van der Waals surface area contributed by atoms with E-state index in [9.17, 15) is 39.0 Å². The largest absolute Gasteiger partial charge is 0.460 e. The van der Waals surface area contributed by atoms with Crippen molar-refractivity contribution >= 4 is 35.5 Å². The lowest BCUT2D eigenvalue weighted by Crippen LogP contribution is -2.62. The Labute approximate surface area is 311 Å². The van der Waals surface area contributed by atoms with E-state index >= 15 is 0 Å². The topological polar surface area (TPSA) is 212 Å². The normalized spacial score (nSPS) is 25.8. The highest BCUT2D eigenvalue weighted by Crippen LogP contribution is 2.18. The maximum Gasteiger partial charge on any atom is 0.329 e. The minimum absolute atomic E-state index is 0.0491. The Morgan fingerprint density at radius 2 is 1.12 bits per heavy atom. The first-order chi connectivity index (χ1) is 24.5. The van der Waals surface area contributed by atoms with E-state index in [0.29, 0.717) is 19.3 Å². The molecule has 1 aliphatic heterocycles. The molecule has 1 aliphatic rings. The molecular weight excluding hydrogens is 670 g/mol. The number of esters is 1. The number of cyclic esters (lactones) is 1. The molecule has 7 N–H and O–H groups in total. The summed E-state index contributed by atoms with van der Waals surface area (Å²) in [6.07, 6.45) is 7.22. The molecule has 1 heterocycles. The SMILES string of the molecule is CCCCCCCCCCC1CC(=O)NC(CC(C)C)C(=O)NC(CO)C(=O)NC(C(C)O)C(=O)NC(CC(C)C)C(=O)NC(C(C)CC)C(=O)O1. The predicted molar refractivity (Wildman–Crippen MR) is 199 cm³/mol. The smallest absolute Gasteiger partial charge is 0.329 e. The van der Waals surface area contributed by atoms with Crippen LogP contribution in [-0.4, -0.2) is 94.7 Å². The van der Waals surface area contributed by atoms with Gasteiger partial charge in [0.25, 0.3) is 0 Å². The Balaban J connectivity index is 3.56. The molecule has 8 atom stereocenters. The van der Waals surface area contributed by atoms with E-state index in [0.717, 1.165) is 25.7 Å². The summed E-state index contributed by atoms with van der Waals surface area (Å²) in [5.74, 6) is -4.92. The Morgan fingerprint density at radius 3 is 1.63 bits per heavy atom. The summed E-state index contributed by atoms with van der Waals surface area (Å²) < 4.78 is 5.98. The first-order valence-corrected chi connectivity index (χ1v) is 19.5. The van der Waals surface area contributed by atoms with Gasteiger partial charge in [0.2, 0.25) is 29.5 Å². The molecule has 1 fully saturated rings. The second-order valence-electron chi connectivity index (χ2n) is 15.3. The first kappa shape index (κ1) is 46.8. The van der Waals surface area contributed by atoms with Crippen molar-refractivity contribution < 1.29 is 43.7 Å². The maximum atomic E-state index is 13.8.